The lowest BCUT2D eigenvalue weighted by Gasteiger charge is -2.32. The summed E-state index contributed by atoms with van der Waals surface area (Å²) in [7, 11) is 0. The molecule has 2 aliphatic heterocycles. The summed E-state index contributed by atoms with van der Waals surface area (Å²) >= 11 is 0. The maximum atomic E-state index is 5.76. The summed E-state index contributed by atoms with van der Waals surface area (Å²) in [6, 6.07) is 0. The lowest BCUT2D eigenvalue weighted by molar-refractivity contribution is -0.0378. The van der Waals surface area contributed by atoms with E-state index in [4.69, 9.17) is 4.74 Å². The van der Waals surface area contributed by atoms with Crippen LogP contribution in [-0.2, 0) is 4.74 Å². The van der Waals surface area contributed by atoms with E-state index in [9.17, 15) is 0 Å². The van der Waals surface area contributed by atoms with Crippen LogP contribution < -0.4 is 10.6 Å². The molecule has 0 aromatic carbocycles. The van der Waals surface area contributed by atoms with E-state index < -0.39 is 0 Å². The Morgan fingerprint density at radius 2 is 2.07 bits per heavy atom. The van der Waals surface area contributed by atoms with Crippen LogP contribution in [0.15, 0.2) is 0 Å². The third kappa shape index (κ3) is 2.94. The van der Waals surface area contributed by atoms with Gasteiger partial charge in [-0.05, 0) is 44.2 Å². The van der Waals surface area contributed by atoms with Gasteiger partial charge in [0.05, 0.1) is 6.61 Å². The van der Waals surface area contributed by atoms with Crippen LogP contribution in [0.4, 0.5) is 0 Å². The minimum atomic E-state index is 0.328. The first-order valence-electron chi connectivity index (χ1n) is 5.90. The van der Waals surface area contributed by atoms with Gasteiger partial charge in [-0.2, -0.15) is 0 Å². The Hall–Kier alpha value is -0.120. The van der Waals surface area contributed by atoms with Gasteiger partial charge >= 0.3 is 0 Å². The summed E-state index contributed by atoms with van der Waals surface area (Å²) in [5, 5.41) is 6.87. The molecule has 14 heavy (non-hydrogen) atoms. The number of hydrogen-bond acceptors (Lipinski definition) is 3. The first kappa shape index (κ1) is 10.4. The van der Waals surface area contributed by atoms with Crippen molar-refractivity contribution in [2.75, 3.05) is 26.2 Å². The number of ether oxygens (including phenoxy) is 1. The second kappa shape index (κ2) is 5.10. The van der Waals surface area contributed by atoms with E-state index in [1.807, 2.05) is 0 Å². The van der Waals surface area contributed by atoms with Crippen molar-refractivity contribution < 1.29 is 4.74 Å². The number of piperidine rings is 1. The molecule has 2 heterocycles. The van der Waals surface area contributed by atoms with Gasteiger partial charge in [0, 0.05) is 6.54 Å². The quantitative estimate of drug-likeness (QED) is 0.693. The highest BCUT2D eigenvalue weighted by atomic mass is 16.5. The molecule has 0 aromatic heterocycles. The topological polar surface area (TPSA) is 33.3 Å². The van der Waals surface area contributed by atoms with Crippen molar-refractivity contribution in [2.45, 2.75) is 32.4 Å². The molecular formula is C11H22N2O. The van der Waals surface area contributed by atoms with Crippen LogP contribution in [0.5, 0.6) is 0 Å². The van der Waals surface area contributed by atoms with E-state index in [0.29, 0.717) is 12.1 Å². The van der Waals surface area contributed by atoms with Crippen LogP contribution in [0.2, 0.25) is 0 Å². The zero-order valence-electron chi connectivity index (χ0n) is 9.09. The van der Waals surface area contributed by atoms with Crippen LogP contribution in [-0.4, -0.2) is 32.5 Å². The van der Waals surface area contributed by atoms with Crippen LogP contribution in [0, 0.1) is 11.8 Å². The van der Waals surface area contributed by atoms with Crippen LogP contribution in [0.1, 0.15) is 26.2 Å². The van der Waals surface area contributed by atoms with Crippen molar-refractivity contribution in [3.63, 3.8) is 0 Å². The largest absolute Gasteiger partial charge is 0.363 e. The third-order valence-corrected chi connectivity index (χ3v) is 3.28. The Morgan fingerprint density at radius 3 is 2.71 bits per heavy atom. The summed E-state index contributed by atoms with van der Waals surface area (Å²) in [5.74, 6) is 1.54. The molecule has 2 N–H and O–H groups in total. The molecule has 0 bridgehead atoms. The van der Waals surface area contributed by atoms with E-state index in [1.54, 1.807) is 0 Å². The normalized spacial score (nSPS) is 35.8. The first-order chi connectivity index (χ1) is 6.84. The van der Waals surface area contributed by atoms with Crippen LogP contribution in [0.3, 0.4) is 0 Å². The van der Waals surface area contributed by atoms with Crippen LogP contribution in [0.25, 0.3) is 0 Å². The summed E-state index contributed by atoms with van der Waals surface area (Å²) in [6.07, 6.45) is 4.16. The first-order valence-corrected chi connectivity index (χ1v) is 5.90. The van der Waals surface area contributed by atoms with Gasteiger partial charge in [-0.1, -0.05) is 6.92 Å². The molecule has 3 nitrogen and oxygen atoms in total. The SMILES string of the molecule is CC1CNC(CC2CCNCC2)OC1. The van der Waals surface area contributed by atoms with Crippen LogP contribution >= 0.6 is 0 Å². The Kier molecular flexibility index (Phi) is 3.79. The molecule has 0 saturated carbocycles. The third-order valence-electron chi connectivity index (χ3n) is 3.28. The van der Waals surface area contributed by atoms with E-state index in [-0.39, 0.29) is 0 Å². The van der Waals surface area contributed by atoms with Gasteiger partial charge in [-0.25, -0.2) is 0 Å². The molecule has 0 radical (unpaired) electrons. The van der Waals surface area contributed by atoms with Gasteiger partial charge in [0.1, 0.15) is 6.23 Å². The summed E-state index contributed by atoms with van der Waals surface area (Å²) in [4.78, 5) is 0. The fourth-order valence-corrected chi connectivity index (χ4v) is 2.30. The van der Waals surface area contributed by atoms with Crippen molar-refractivity contribution >= 4 is 0 Å². The molecule has 2 aliphatic rings. The van der Waals surface area contributed by atoms with Crippen molar-refractivity contribution in [3.05, 3.63) is 0 Å². The lowest BCUT2D eigenvalue weighted by atomic mass is 9.93. The fraction of sp³-hybridized carbons (Fsp3) is 1.00. The van der Waals surface area contributed by atoms with E-state index >= 15 is 0 Å². The number of nitrogens with one attached hydrogen (secondary N) is 2. The molecule has 82 valence electrons. The Morgan fingerprint density at radius 1 is 1.29 bits per heavy atom. The van der Waals surface area contributed by atoms with E-state index in [0.717, 1.165) is 19.1 Å². The van der Waals surface area contributed by atoms with Crippen molar-refractivity contribution in [1.29, 1.82) is 0 Å². The van der Waals surface area contributed by atoms with Crippen molar-refractivity contribution in [2.24, 2.45) is 11.8 Å². The van der Waals surface area contributed by atoms with Gasteiger partial charge < -0.3 is 10.1 Å². The van der Waals surface area contributed by atoms with Gasteiger partial charge in [-0.15, -0.1) is 0 Å². The minimum Gasteiger partial charge on any atom is -0.363 e. The second-order valence-corrected chi connectivity index (χ2v) is 4.76. The maximum absolute atomic E-state index is 5.76. The van der Waals surface area contributed by atoms with E-state index in [2.05, 4.69) is 17.6 Å². The summed E-state index contributed by atoms with van der Waals surface area (Å²) < 4.78 is 5.76. The predicted octanol–water partition coefficient (Wildman–Crippen LogP) is 0.958. The molecule has 2 atom stereocenters. The smallest absolute Gasteiger partial charge is 0.108 e. The molecule has 0 aliphatic carbocycles. The molecule has 2 fully saturated rings. The Bertz CT molecular complexity index is 161. The fourth-order valence-electron chi connectivity index (χ4n) is 2.30. The molecule has 0 spiro atoms. The van der Waals surface area contributed by atoms with Gasteiger partial charge in [0.15, 0.2) is 0 Å². The van der Waals surface area contributed by atoms with Crippen molar-refractivity contribution in [3.8, 4) is 0 Å². The second-order valence-electron chi connectivity index (χ2n) is 4.76. The standard InChI is InChI=1S/C11H22N2O/c1-9-7-13-11(14-8-9)6-10-2-4-12-5-3-10/h9-13H,2-8H2,1H3. The Labute approximate surface area is 86.6 Å². The molecule has 2 saturated heterocycles. The highest BCUT2D eigenvalue weighted by Crippen LogP contribution is 2.20. The monoisotopic (exact) mass is 198 g/mol. The lowest BCUT2D eigenvalue weighted by Crippen LogP contribution is -2.44. The zero-order chi connectivity index (χ0) is 9.80. The number of rotatable bonds is 2. The van der Waals surface area contributed by atoms with Crippen molar-refractivity contribution in [1.82, 2.24) is 10.6 Å². The molecule has 0 aromatic rings. The highest BCUT2D eigenvalue weighted by Gasteiger charge is 2.22. The average molecular weight is 198 g/mol. The van der Waals surface area contributed by atoms with Gasteiger partial charge in [0.2, 0.25) is 0 Å². The van der Waals surface area contributed by atoms with Gasteiger partial charge in [0.25, 0.3) is 0 Å². The summed E-state index contributed by atoms with van der Waals surface area (Å²) in [6.45, 7) is 6.66. The van der Waals surface area contributed by atoms with Gasteiger partial charge in [-0.3, -0.25) is 5.32 Å². The zero-order valence-corrected chi connectivity index (χ0v) is 9.09. The molecule has 2 rings (SSSR count). The number of hydrogen-bond donors (Lipinski definition) is 2. The predicted molar refractivity (Wildman–Crippen MR) is 57.1 cm³/mol. The minimum absolute atomic E-state index is 0.328. The maximum Gasteiger partial charge on any atom is 0.108 e. The molecule has 3 heteroatoms. The average Bonchev–Trinajstić information content (AvgIpc) is 2.23. The molecule has 0 amide bonds. The molecular weight excluding hydrogens is 176 g/mol. The molecule has 2 unspecified atom stereocenters. The van der Waals surface area contributed by atoms with E-state index in [1.165, 1.54) is 32.4 Å². The highest BCUT2D eigenvalue weighted by molar-refractivity contribution is 4.74. The summed E-state index contributed by atoms with van der Waals surface area (Å²) in [5.41, 5.74) is 0. The Balaban J connectivity index is 1.68.